The molecule has 146 valence electrons. The fourth-order valence-corrected chi connectivity index (χ4v) is 3.13. The van der Waals surface area contributed by atoms with E-state index in [1.54, 1.807) is 38.2 Å². The van der Waals surface area contributed by atoms with Gasteiger partial charge in [0.2, 0.25) is 0 Å². The number of urea groups is 1. The Morgan fingerprint density at radius 1 is 1.32 bits per heavy atom. The van der Waals surface area contributed by atoms with Gasteiger partial charge in [0.25, 0.3) is 5.56 Å². The summed E-state index contributed by atoms with van der Waals surface area (Å²) in [7, 11) is 1.59. The first-order valence-electron chi connectivity index (χ1n) is 8.81. The normalized spacial score (nSPS) is 12.0. The zero-order valence-corrected chi connectivity index (χ0v) is 16.5. The highest BCUT2D eigenvalue weighted by Crippen LogP contribution is 2.22. The Balaban J connectivity index is 1.96. The minimum atomic E-state index is -0.510. The van der Waals surface area contributed by atoms with Gasteiger partial charge < -0.3 is 10.2 Å². The molecule has 3 aromatic rings. The largest absolute Gasteiger partial charge is 0.322 e. The molecule has 0 radical (unpaired) electrons. The number of amides is 2. The number of aromatic nitrogens is 2. The van der Waals surface area contributed by atoms with E-state index in [0.29, 0.717) is 34.0 Å². The Bertz CT molecular complexity index is 1100. The Hall–Kier alpha value is -2.93. The molecule has 1 unspecified atom stereocenters. The van der Waals surface area contributed by atoms with Gasteiger partial charge in [-0.25, -0.2) is 14.2 Å². The summed E-state index contributed by atoms with van der Waals surface area (Å²) in [6, 6.07) is 9.60. The lowest BCUT2D eigenvalue weighted by Crippen LogP contribution is -2.37. The summed E-state index contributed by atoms with van der Waals surface area (Å²) in [4.78, 5) is 31.4. The highest BCUT2D eigenvalue weighted by atomic mass is 35.5. The number of nitrogens with one attached hydrogen (secondary N) is 1. The molecule has 1 N–H and O–H groups in total. The second-order valence-electron chi connectivity index (χ2n) is 6.41. The lowest BCUT2D eigenvalue weighted by Gasteiger charge is -2.27. The highest BCUT2D eigenvalue weighted by molar-refractivity contribution is 6.31. The second-order valence-corrected chi connectivity index (χ2v) is 6.84. The maximum atomic E-state index is 13.3. The molecule has 0 bridgehead atoms. The first-order valence-corrected chi connectivity index (χ1v) is 9.19. The standard InChI is InChI=1S/C20H20ClFN4O2/c1-4-26-18(24-17-10-13(21)8-9-16(17)19(26)27)12(2)25(3)20(28)23-15-7-5-6-14(22)11-15/h5-12H,4H2,1-3H3,(H,23,28). The van der Waals surface area contributed by atoms with Crippen LogP contribution in [0.15, 0.2) is 47.3 Å². The minimum absolute atomic E-state index is 0.190. The maximum absolute atomic E-state index is 13.3. The van der Waals surface area contributed by atoms with Gasteiger partial charge >= 0.3 is 6.03 Å². The molecular formula is C20H20ClFN4O2. The van der Waals surface area contributed by atoms with Crippen LogP contribution in [0, 0.1) is 5.82 Å². The van der Waals surface area contributed by atoms with Crippen LogP contribution in [0.4, 0.5) is 14.9 Å². The minimum Gasteiger partial charge on any atom is -0.318 e. The maximum Gasteiger partial charge on any atom is 0.322 e. The van der Waals surface area contributed by atoms with E-state index in [4.69, 9.17) is 11.6 Å². The van der Waals surface area contributed by atoms with E-state index >= 15 is 0 Å². The van der Waals surface area contributed by atoms with E-state index in [2.05, 4.69) is 10.3 Å². The third kappa shape index (κ3) is 3.84. The number of hydrogen-bond acceptors (Lipinski definition) is 3. The molecule has 2 amide bonds. The molecule has 1 heterocycles. The lowest BCUT2D eigenvalue weighted by atomic mass is 10.2. The zero-order valence-electron chi connectivity index (χ0n) is 15.7. The molecule has 8 heteroatoms. The first kappa shape index (κ1) is 19.8. The molecule has 28 heavy (non-hydrogen) atoms. The molecular weight excluding hydrogens is 383 g/mol. The lowest BCUT2D eigenvalue weighted by molar-refractivity contribution is 0.204. The van der Waals surface area contributed by atoms with Crippen LogP contribution in [0.2, 0.25) is 5.02 Å². The van der Waals surface area contributed by atoms with E-state index in [9.17, 15) is 14.0 Å². The molecule has 0 fully saturated rings. The van der Waals surface area contributed by atoms with Crippen LogP contribution in [0.25, 0.3) is 10.9 Å². The number of hydrogen-bond donors (Lipinski definition) is 1. The Morgan fingerprint density at radius 2 is 2.07 bits per heavy atom. The van der Waals surface area contributed by atoms with Gasteiger partial charge in [-0.2, -0.15) is 0 Å². The van der Waals surface area contributed by atoms with Crippen LogP contribution in [-0.4, -0.2) is 27.5 Å². The van der Waals surface area contributed by atoms with Gasteiger partial charge in [-0.3, -0.25) is 9.36 Å². The smallest absolute Gasteiger partial charge is 0.318 e. The first-order chi connectivity index (χ1) is 13.3. The zero-order chi connectivity index (χ0) is 20.4. The average molecular weight is 403 g/mol. The molecule has 0 aliphatic heterocycles. The van der Waals surface area contributed by atoms with Crippen LogP contribution in [0.3, 0.4) is 0 Å². The van der Waals surface area contributed by atoms with Gasteiger partial charge in [0.1, 0.15) is 11.6 Å². The number of fused-ring (bicyclic) bond motifs is 1. The van der Waals surface area contributed by atoms with Crippen molar-refractivity contribution < 1.29 is 9.18 Å². The van der Waals surface area contributed by atoms with Crippen molar-refractivity contribution in [2.24, 2.45) is 0 Å². The van der Waals surface area contributed by atoms with E-state index in [1.807, 2.05) is 6.92 Å². The van der Waals surface area contributed by atoms with Gasteiger partial charge in [-0.1, -0.05) is 17.7 Å². The number of rotatable bonds is 4. The number of benzene rings is 2. The summed E-state index contributed by atoms with van der Waals surface area (Å²) >= 11 is 6.04. The molecule has 0 spiro atoms. The third-order valence-electron chi connectivity index (χ3n) is 4.61. The van der Waals surface area contributed by atoms with Crippen LogP contribution in [0.5, 0.6) is 0 Å². The Morgan fingerprint density at radius 3 is 2.75 bits per heavy atom. The summed E-state index contributed by atoms with van der Waals surface area (Å²) in [6.45, 7) is 4.02. The summed E-state index contributed by atoms with van der Waals surface area (Å²) in [6.07, 6.45) is 0. The van der Waals surface area contributed by atoms with E-state index in [0.717, 1.165) is 0 Å². The van der Waals surface area contributed by atoms with Gasteiger partial charge in [0, 0.05) is 24.3 Å². The summed E-state index contributed by atoms with van der Waals surface area (Å²) in [5.74, 6) is 0.000515. The molecule has 2 aromatic carbocycles. The van der Waals surface area contributed by atoms with Gasteiger partial charge in [-0.15, -0.1) is 0 Å². The van der Waals surface area contributed by atoms with Gasteiger partial charge in [0.15, 0.2) is 0 Å². The fourth-order valence-electron chi connectivity index (χ4n) is 2.96. The van der Waals surface area contributed by atoms with E-state index in [-0.39, 0.29) is 5.56 Å². The average Bonchev–Trinajstić information content (AvgIpc) is 2.66. The molecule has 6 nitrogen and oxygen atoms in total. The molecule has 1 atom stereocenters. The highest BCUT2D eigenvalue weighted by Gasteiger charge is 2.23. The Kier molecular flexibility index (Phi) is 5.65. The van der Waals surface area contributed by atoms with Crippen molar-refractivity contribution in [1.82, 2.24) is 14.5 Å². The predicted octanol–water partition coefficient (Wildman–Crippen LogP) is 4.43. The number of carbonyl (C=O) groups excluding carboxylic acids is 1. The van der Waals surface area contributed by atoms with Crippen LogP contribution >= 0.6 is 11.6 Å². The fraction of sp³-hybridized carbons (Fsp3) is 0.250. The summed E-state index contributed by atoms with van der Waals surface area (Å²) in [5, 5.41) is 3.59. The monoisotopic (exact) mass is 402 g/mol. The number of carbonyl (C=O) groups is 1. The number of anilines is 1. The van der Waals surface area contributed by atoms with Crippen molar-refractivity contribution in [3.05, 3.63) is 69.5 Å². The van der Waals surface area contributed by atoms with E-state index in [1.165, 1.54) is 27.7 Å². The van der Waals surface area contributed by atoms with Crippen LogP contribution < -0.4 is 10.9 Å². The quantitative estimate of drug-likeness (QED) is 0.701. The number of nitrogens with zero attached hydrogens (tertiary/aromatic N) is 3. The molecule has 0 saturated carbocycles. The van der Waals surface area contributed by atoms with Crippen molar-refractivity contribution >= 4 is 34.2 Å². The molecule has 1 aromatic heterocycles. The van der Waals surface area contributed by atoms with Crippen molar-refractivity contribution in [3.8, 4) is 0 Å². The van der Waals surface area contributed by atoms with Crippen molar-refractivity contribution in [2.45, 2.75) is 26.4 Å². The SMILES string of the molecule is CCn1c(C(C)N(C)C(=O)Nc2cccc(F)c2)nc2cc(Cl)ccc2c1=O. The van der Waals surface area contributed by atoms with E-state index < -0.39 is 17.9 Å². The summed E-state index contributed by atoms with van der Waals surface area (Å²) in [5.41, 5.74) is 0.628. The summed E-state index contributed by atoms with van der Waals surface area (Å²) < 4.78 is 14.9. The third-order valence-corrected chi connectivity index (χ3v) is 4.85. The van der Waals surface area contributed by atoms with Crippen molar-refractivity contribution in [2.75, 3.05) is 12.4 Å². The molecule has 0 aliphatic carbocycles. The molecule has 3 rings (SSSR count). The number of halogens is 2. The molecule has 0 aliphatic rings. The van der Waals surface area contributed by atoms with Crippen LogP contribution in [-0.2, 0) is 6.54 Å². The van der Waals surface area contributed by atoms with Crippen LogP contribution in [0.1, 0.15) is 25.7 Å². The van der Waals surface area contributed by atoms with Gasteiger partial charge in [0.05, 0.1) is 16.9 Å². The van der Waals surface area contributed by atoms with Gasteiger partial charge in [-0.05, 0) is 50.2 Å². The van der Waals surface area contributed by atoms with Crippen molar-refractivity contribution in [3.63, 3.8) is 0 Å². The van der Waals surface area contributed by atoms with Crippen molar-refractivity contribution in [1.29, 1.82) is 0 Å². The predicted molar refractivity (Wildman–Crippen MR) is 108 cm³/mol. The Labute approximate surface area is 166 Å². The molecule has 0 saturated heterocycles. The topological polar surface area (TPSA) is 67.2 Å². The second kappa shape index (κ2) is 7.98.